The first-order chi connectivity index (χ1) is 8.09. The molecule has 0 radical (unpaired) electrons. The zero-order chi connectivity index (χ0) is 12.4. The van der Waals surface area contributed by atoms with E-state index < -0.39 is 12.1 Å². The molecule has 92 valence electrons. The highest BCUT2D eigenvalue weighted by atomic mass is 35.5. The maximum atomic E-state index is 12.0. The number of ether oxygens (including phenoxy) is 1. The number of furan rings is 1. The van der Waals surface area contributed by atoms with Crippen molar-refractivity contribution in [1.82, 2.24) is 4.90 Å². The van der Waals surface area contributed by atoms with Crippen LogP contribution in [-0.4, -0.2) is 47.7 Å². The second-order valence-electron chi connectivity index (χ2n) is 3.56. The lowest BCUT2D eigenvalue weighted by molar-refractivity contribution is -0.154. The first-order valence-electron chi connectivity index (χ1n) is 4.96. The predicted molar refractivity (Wildman–Crippen MR) is 57.0 cm³/mol. The van der Waals surface area contributed by atoms with Gasteiger partial charge in [0.25, 0.3) is 5.91 Å². The molecule has 17 heavy (non-hydrogen) atoms. The number of rotatable bonds is 2. The van der Waals surface area contributed by atoms with Gasteiger partial charge in [0, 0.05) is 6.54 Å². The number of hydrogen-bond acceptors (Lipinski definition) is 4. The molecule has 1 aliphatic heterocycles. The number of carboxylic acids is 1. The van der Waals surface area contributed by atoms with Crippen molar-refractivity contribution >= 4 is 23.5 Å². The van der Waals surface area contributed by atoms with Crippen molar-refractivity contribution in [3.8, 4) is 0 Å². The lowest BCUT2D eigenvalue weighted by atomic mass is 10.2. The van der Waals surface area contributed by atoms with E-state index in [4.69, 9.17) is 25.9 Å². The zero-order valence-electron chi connectivity index (χ0n) is 8.76. The van der Waals surface area contributed by atoms with Gasteiger partial charge >= 0.3 is 5.97 Å². The molecule has 1 aromatic rings. The monoisotopic (exact) mass is 259 g/mol. The number of aliphatic carboxylic acids is 1. The first kappa shape index (κ1) is 11.9. The smallest absolute Gasteiger partial charge is 0.334 e. The van der Waals surface area contributed by atoms with Crippen LogP contribution in [0.15, 0.2) is 16.7 Å². The number of hydrogen-bond donors (Lipinski definition) is 1. The Labute approximate surface area is 102 Å². The predicted octanol–water partition coefficient (Wildman–Crippen LogP) is 0.859. The largest absolute Gasteiger partial charge is 0.479 e. The van der Waals surface area contributed by atoms with Gasteiger partial charge in [-0.1, -0.05) is 0 Å². The highest BCUT2D eigenvalue weighted by molar-refractivity contribution is 6.32. The van der Waals surface area contributed by atoms with Crippen LogP contribution in [0, 0.1) is 0 Å². The molecule has 2 heterocycles. The summed E-state index contributed by atoms with van der Waals surface area (Å²) in [5.41, 5.74) is 0.234. The third kappa shape index (κ3) is 2.42. The Bertz CT molecular complexity index is 444. The second-order valence-corrected chi connectivity index (χ2v) is 3.90. The molecule has 0 spiro atoms. The van der Waals surface area contributed by atoms with Crippen molar-refractivity contribution < 1.29 is 23.8 Å². The Balaban J connectivity index is 2.10. The normalized spacial score (nSPS) is 20.3. The molecule has 1 fully saturated rings. The number of halogens is 1. The van der Waals surface area contributed by atoms with E-state index in [1.165, 1.54) is 17.2 Å². The summed E-state index contributed by atoms with van der Waals surface area (Å²) in [5.74, 6) is -1.43. The van der Waals surface area contributed by atoms with E-state index in [1.807, 2.05) is 0 Å². The minimum absolute atomic E-state index is 0.00775. The summed E-state index contributed by atoms with van der Waals surface area (Å²) in [6.45, 7) is 0.540. The van der Waals surface area contributed by atoms with Gasteiger partial charge < -0.3 is 19.2 Å². The van der Waals surface area contributed by atoms with E-state index in [-0.39, 0.29) is 29.8 Å². The van der Waals surface area contributed by atoms with Crippen LogP contribution in [0.4, 0.5) is 0 Å². The van der Waals surface area contributed by atoms with Crippen LogP contribution in [-0.2, 0) is 9.53 Å². The molecule has 0 aliphatic carbocycles. The molecule has 0 aromatic carbocycles. The standard InChI is InChI=1S/C10H10ClNO5/c11-8-6(1-3-17-8)9(13)12-2-4-16-7(5-12)10(14)15/h1,3,7H,2,4-5H2,(H,14,15). The van der Waals surface area contributed by atoms with Gasteiger partial charge in [-0.05, 0) is 17.7 Å². The Kier molecular flexibility index (Phi) is 3.35. The van der Waals surface area contributed by atoms with Gasteiger partial charge in [0.05, 0.1) is 25.0 Å². The molecule has 1 aliphatic rings. The van der Waals surface area contributed by atoms with Crippen LogP contribution in [0.3, 0.4) is 0 Å². The number of carbonyl (C=O) groups excluding carboxylic acids is 1. The van der Waals surface area contributed by atoms with E-state index in [2.05, 4.69) is 0 Å². The summed E-state index contributed by atoms with van der Waals surface area (Å²) < 4.78 is 9.84. The van der Waals surface area contributed by atoms with Crippen molar-refractivity contribution in [2.45, 2.75) is 6.10 Å². The van der Waals surface area contributed by atoms with E-state index in [1.54, 1.807) is 0 Å². The SMILES string of the molecule is O=C(O)C1CN(C(=O)c2ccoc2Cl)CCO1. The van der Waals surface area contributed by atoms with Gasteiger partial charge in [0.1, 0.15) is 0 Å². The topological polar surface area (TPSA) is 80.0 Å². The summed E-state index contributed by atoms with van der Waals surface area (Å²) in [7, 11) is 0. The zero-order valence-corrected chi connectivity index (χ0v) is 9.51. The second kappa shape index (κ2) is 4.77. The Hall–Kier alpha value is -1.53. The number of carboxylic acid groups (broad SMARTS) is 1. The lowest BCUT2D eigenvalue weighted by Gasteiger charge is -2.30. The molecule has 1 aromatic heterocycles. The summed E-state index contributed by atoms with van der Waals surface area (Å²) in [6, 6.07) is 1.45. The number of carbonyl (C=O) groups is 2. The first-order valence-corrected chi connectivity index (χ1v) is 5.34. The van der Waals surface area contributed by atoms with Crippen molar-refractivity contribution in [3.05, 3.63) is 23.1 Å². The summed E-state index contributed by atoms with van der Waals surface area (Å²) >= 11 is 5.69. The number of morpholine rings is 1. The number of amides is 1. The summed E-state index contributed by atoms with van der Waals surface area (Å²) in [5, 5.41) is 8.82. The highest BCUT2D eigenvalue weighted by Crippen LogP contribution is 2.20. The van der Waals surface area contributed by atoms with Crippen LogP contribution in [0.1, 0.15) is 10.4 Å². The van der Waals surface area contributed by atoms with Crippen LogP contribution >= 0.6 is 11.6 Å². The third-order valence-corrected chi connectivity index (χ3v) is 2.77. The quantitative estimate of drug-likeness (QED) is 0.852. The molecule has 1 atom stereocenters. The van der Waals surface area contributed by atoms with Crippen LogP contribution in [0.25, 0.3) is 0 Å². The fourth-order valence-corrected chi connectivity index (χ4v) is 1.79. The minimum atomic E-state index is -1.08. The van der Waals surface area contributed by atoms with E-state index in [9.17, 15) is 9.59 Å². The molecule has 1 unspecified atom stereocenters. The molecular formula is C10H10ClNO5. The van der Waals surface area contributed by atoms with Gasteiger partial charge in [-0.3, -0.25) is 4.79 Å². The summed E-state index contributed by atoms with van der Waals surface area (Å²) in [4.78, 5) is 24.1. The lowest BCUT2D eigenvalue weighted by Crippen LogP contribution is -2.48. The Morgan fingerprint density at radius 3 is 2.88 bits per heavy atom. The van der Waals surface area contributed by atoms with Gasteiger partial charge in [-0.2, -0.15) is 0 Å². The molecule has 1 amide bonds. The van der Waals surface area contributed by atoms with Crippen molar-refractivity contribution in [2.24, 2.45) is 0 Å². The molecule has 7 heteroatoms. The average molecular weight is 260 g/mol. The maximum Gasteiger partial charge on any atom is 0.334 e. The fourth-order valence-electron chi connectivity index (χ4n) is 1.60. The molecule has 1 saturated heterocycles. The molecule has 0 bridgehead atoms. The molecular weight excluding hydrogens is 250 g/mol. The van der Waals surface area contributed by atoms with Crippen LogP contribution in [0.5, 0.6) is 0 Å². The van der Waals surface area contributed by atoms with Gasteiger partial charge in [-0.25, -0.2) is 4.79 Å². The van der Waals surface area contributed by atoms with Crippen molar-refractivity contribution in [1.29, 1.82) is 0 Å². The van der Waals surface area contributed by atoms with E-state index >= 15 is 0 Å². The van der Waals surface area contributed by atoms with E-state index in [0.717, 1.165) is 0 Å². The minimum Gasteiger partial charge on any atom is -0.479 e. The molecule has 1 N–H and O–H groups in total. The Morgan fingerprint density at radius 1 is 1.53 bits per heavy atom. The maximum absolute atomic E-state index is 12.0. The van der Waals surface area contributed by atoms with Gasteiger partial charge in [-0.15, -0.1) is 0 Å². The summed E-state index contributed by atoms with van der Waals surface area (Å²) in [6.07, 6.45) is 0.323. The van der Waals surface area contributed by atoms with Crippen LogP contribution < -0.4 is 0 Å². The van der Waals surface area contributed by atoms with Crippen LogP contribution in [0.2, 0.25) is 5.22 Å². The number of nitrogens with zero attached hydrogens (tertiary/aromatic N) is 1. The Morgan fingerprint density at radius 2 is 2.29 bits per heavy atom. The van der Waals surface area contributed by atoms with Crippen molar-refractivity contribution in [2.75, 3.05) is 19.7 Å². The van der Waals surface area contributed by atoms with Gasteiger partial charge in [0.15, 0.2) is 6.10 Å². The average Bonchev–Trinajstić information content (AvgIpc) is 2.74. The molecule has 0 saturated carbocycles. The highest BCUT2D eigenvalue weighted by Gasteiger charge is 2.30. The fraction of sp³-hybridized carbons (Fsp3) is 0.400. The molecule has 2 rings (SSSR count). The third-order valence-electron chi connectivity index (χ3n) is 2.48. The van der Waals surface area contributed by atoms with Crippen molar-refractivity contribution in [3.63, 3.8) is 0 Å². The van der Waals surface area contributed by atoms with E-state index in [0.29, 0.717) is 6.54 Å². The van der Waals surface area contributed by atoms with Gasteiger partial charge in [0.2, 0.25) is 5.22 Å². The molecule has 6 nitrogen and oxygen atoms in total.